The maximum atomic E-state index is 3.63. The fourth-order valence-corrected chi connectivity index (χ4v) is 2.64. The van der Waals surface area contributed by atoms with Crippen LogP contribution in [-0.2, 0) is 6.42 Å². The molecule has 0 aliphatic carbocycles. The summed E-state index contributed by atoms with van der Waals surface area (Å²) in [5, 5.41) is 3.63. The van der Waals surface area contributed by atoms with Crippen LogP contribution in [0.2, 0.25) is 0 Å². The van der Waals surface area contributed by atoms with Crippen LogP contribution >= 0.6 is 0 Å². The first-order valence-corrected chi connectivity index (χ1v) is 7.43. The minimum atomic E-state index is 0.401. The summed E-state index contributed by atoms with van der Waals surface area (Å²) in [6, 6.07) is 15.7. The van der Waals surface area contributed by atoms with Crippen LogP contribution in [-0.4, -0.2) is 6.54 Å². The average Bonchev–Trinajstić information content (AvgIpc) is 2.44. The van der Waals surface area contributed by atoms with Gasteiger partial charge in [0.05, 0.1) is 0 Å². The Bertz CT molecular complexity index is 557. The second-order valence-corrected chi connectivity index (χ2v) is 5.70. The van der Waals surface area contributed by atoms with E-state index in [2.05, 4.69) is 75.5 Å². The summed E-state index contributed by atoms with van der Waals surface area (Å²) < 4.78 is 0. The molecule has 2 rings (SSSR count). The molecule has 1 nitrogen and oxygen atoms in total. The van der Waals surface area contributed by atoms with Crippen LogP contribution in [0.15, 0.2) is 42.5 Å². The molecule has 106 valence electrons. The summed E-state index contributed by atoms with van der Waals surface area (Å²) in [4.78, 5) is 0. The third-order valence-corrected chi connectivity index (χ3v) is 4.06. The summed E-state index contributed by atoms with van der Waals surface area (Å²) >= 11 is 0. The lowest BCUT2D eigenvalue weighted by molar-refractivity contribution is 0.574. The van der Waals surface area contributed by atoms with Crippen LogP contribution in [0, 0.1) is 20.8 Å². The van der Waals surface area contributed by atoms with Crippen LogP contribution in [0.4, 0.5) is 0 Å². The van der Waals surface area contributed by atoms with Crippen molar-refractivity contribution in [2.45, 2.75) is 40.2 Å². The molecule has 0 aromatic heterocycles. The van der Waals surface area contributed by atoms with Gasteiger partial charge in [-0.05, 0) is 68.5 Å². The highest BCUT2D eigenvalue weighted by Crippen LogP contribution is 2.21. The molecule has 2 aromatic rings. The van der Waals surface area contributed by atoms with E-state index in [9.17, 15) is 0 Å². The van der Waals surface area contributed by atoms with Gasteiger partial charge in [0.2, 0.25) is 0 Å². The smallest absolute Gasteiger partial charge is 0.0294 e. The Hall–Kier alpha value is -1.60. The normalized spacial score (nSPS) is 12.4. The van der Waals surface area contributed by atoms with Crippen molar-refractivity contribution in [1.29, 1.82) is 0 Å². The summed E-state index contributed by atoms with van der Waals surface area (Å²) in [5.74, 6) is 0. The van der Waals surface area contributed by atoms with Crippen molar-refractivity contribution < 1.29 is 0 Å². The fourth-order valence-electron chi connectivity index (χ4n) is 2.64. The average molecular weight is 267 g/mol. The third kappa shape index (κ3) is 3.71. The van der Waals surface area contributed by atoms with Crippen molar-refractivity contribution in [1.82, 2.24) is 5.32 Å². The minimum absolute atomic E-state index is 0.401. The van der Waals surface area contributed by atoms with Crippen LogP contribution < -0.4 is 5.32 Å². The van der Waals surface area contributed by atoms with Gasteiger partial charge >= 0.3 is 0 Å². The van der Waals surface area contributed by atoms with E-state index in [0.29, 0.717) is 6.04 Å². The van der Waals surface area contributed by atoms with E-state index < -0.39 is 0 Å². The van der Waals surface area contributed by atoms with Crippen molar-refractivity contribution in [2.75, 3.05) is 6.54 Å². The lowest BCUT2D eigenvalue weighted by atomic mass is 9.96. The Morgan fingerprint density at radius 2 is 1.55 bits per heavy atom. The van der Waals surface area contributed by atoms with E-state index in [4.69, 9.17) is 0 Å². The second-order valence-electron chi connectivity index (χ2n) is 5.70. The van der Waals surface area contributed by atoms with Crippen LogP contribution in [0.3, 0.4) is 0 Å². The SMILES string of the molecule is Cc1cc(C)c(C(C)NCCc2ccccc2)cc1C. The van der Waals surface area contributed by atoms with Gasteiger partial charge in [0.1, 0.15) is 0 Å². The molecule has 0 spiro atoms. The predicted octanol–water partition coefficient (Wildman–Crippen LogP) is 4.51. The molecule has 0 fully saturated rings. The Kier molecular flexibility index (Phi) is 4.97. The number of hydrogen-bond acceptors (Lipinski definition) is 1. The number of benzene rings is 2. The van der Waals surface area contributed by atoms with Gasteiger partial charge < -0.3 is 5.32 Å². The summed E-state index contributed by atoms with van der Waals surface area (Å²) in [6.07, 6.45) is 1.08. The fraction of sp³-hybridized carbons (Fsp3) is 0.368. The first-order chi connectivity index (χ1) is 9.58. The van der Waals surface area contributed by atoms with Crippen molar-refractivity contribution in [3.8, 4) is 0 Å². The summed E-state index contributed by atoms with van der Waals surface area (Å²) in [7, 11) is 0. The van der Waals surface area contributed by atoms with Gasteiger partial charge in [-0.25, -0.2) is 0 Å². The highest BCUT2D eigenvalue weighted by molar-refractivity contribution is 5.38. The first kappa shape index (κ1) is 14.8. The predicted molar refractivity (Wildman–Crippen MR) is 87.2 cm³/mol. The summed E-state index contributed by atoms with van der Waals surface area (Å²) in [5.41, 5.74) is 6.95. The Morgan fingerprint density at radius 1 is 0.900 bits per heavy atom. The third-order valence-electron chi connectivity index (χ3n) is 4.06. The Balaban J connectivity index is 1.95. The van der Waals surface area contributed by atoms with E-state index in [-0.39, 0.29) is 0 Å². The molecule has 0 bridgehead atoms. The van der Waals surface area contributed by atoms with E-state index in [0.717, 1.165) is 13.0 Å². The molecule has 0 aliphatic rings. The molecule has 2 aromatic carbocycles. The van der Waals surface area contributed by atoms with Gasteiger partial charge in [0.25, 0.3) is 0 Å². The van der Waals surface area contributed by atoms with E-state index in [1.54, 1.807) is 0 Å². The van der Waals surface area contributed by atoms with Crippen LogP contribution in [0.1, 0.15) is 40.8 Å². The molecule has 1 atom stereocenters. The van der Waals surface area contributed by atoms with Crippen LogP contribution in [0.5, 0.6) is 0 Å². The van der Waals surface area contributed by atoms with Gasteiger partial charge in [-0.3, -0.25) is 0 Å². The molecule has 0 heterocycles. The molecule has 1 N–H and O–H groups in total. The molecule has 0 radical (unpaired) electrons. The molecular formula is C19H25N. The minimum Gasteiger partial charge on any atom is -0.310 e. The molecule has 1 heteroatoms. The van der Waals surface area contributed by atoms with Crippen LogP contribution in [0.25, 0.3) is 0 Å². The van der Waals surface area contributed by atoms with E-state index >= 15 is 0 Å². The Labute approximate surface area is 123 Å². The van der Waals surface area contributed by atoms with Crippen molar-refractivity contribution in [3.05, 3.63) is 70.3 Å². The molecular weight excluding hydrogens is 242 g/mol. The van der Waals surface area contributed by atoms with E-state index in [1.165, 1.54) is 27.8 Å². The van der Waals surface area contributed by atoms with E-state index in [1.807, 2.05) is 0 Å². The number of rotatable bonds is 5. The van der Waals surface area contributed by atoms with Gasteiger partial charge in [0.15, 0.2) is 0 Å². The number of aryl methyl sites for hydroxylation is 3. The quantitative estimate of drug-likeness (QED) is 0.840. The lowest BCUT2D eigenvalue weighted by Gasteiger charge is -2.18. The highest BCUT2D eigenvalue weighted by Gasteiger charge is 2.09. The maximum Gasteiger partial charge on any atom is 0.0294 e. The molecule has 0 saturated heterocycles. The molecule has 0 aliphatic heterocycles. The topological polar surface area (TPSA) is 12.0 Å². The van der Waals surface area contributed by atoms with Crippen molar-refractivity contribution >= 4 is 0 Å². The van der Waals surface area contributed by atoms with Crippen molar-refractivity contribution in [3.63, 3.8) is 0 Å². The molecule has 0 amide bonds. The molecule has 0 saturated carbocycles. The van der Waals surface area contributed by atoms with Gasteiger partial charge in [-0.2, -0.15) is 0 Å². The number of nitrogens with one attached hydrogen (secondary N) is 1. The number of hydrogen-bond donors (Lipinski definition) is 1. The van der Waals surface area contributed by atoms with Gasteiger partial charge in [-0.1, -0.05) is 42.5 Å². The highest BCUT2D eigenvalue weighted by atomic mass is 14.9. The summed E-state index contributed by atoms with van der Waals surface area (Å²) in [6.45, 7) is 9.84. The van der Waals surface area contributed by atoms with Gasteiger partial charge in [0, 0.05) is 6.04 Å². The largest absolute Gasteiger partial charge is 0.310 e. The molecule has 20 heavy (non-hydrogen) atoms. The lowest BCUT2D eigenvalue weighted by Crippen LogP contribution is -2.22. The van der Waals surface area contributed by atoms with Gasteiger partial charge in [-0.15, -0.1) is 0 Å². The first-order valence-electron chi connectivity index (χ1n) is 7.43. The molecule has 1 unspecified atom stereocenters. The second kappa shape index (κ2) is 6.71. The zero-order chi connectivity index (χ0) is 14.5. The standard InChI is InChI=1S/C19H25N/c1-14-12-16(3)19(13-15(14)2)17(4)20-11-10-18-8-6-5-7-9-18/h5-9,12-13,17,20H,10-11H2,1-4H3. The monoisotopic (exact) mass is 267 g/mol. The zero-order valence-electron chi connectivity index (χ0n) is 13.0. The van der Waals surface area contributed by atoms with Crippen molar-refractivity contribution in [2.24, 2.45) is 0 Å². The Morgan fingerprint density at radius 3 is 2.25 bits per heavy atom. The zero-order valence-corrected chi connectivity index (χ0v) is 13.0. The maximum absolute atomic E-state index is 3.63.